The van der Waals surface area contributed by atoms with Crippen LogP contribution in [0.25, 0.3) is 0 Å². The highest BCUT2D eigenvalue weighted by Gasteiger charge is 2.11. The Morgan fingerprint density at radius 1 is 1.33 bits per heavy atom. The smallest absolute Gasteiger partial charge is 0.251 e. The first-order valence-electron chi connectivity index (χ1n) is 7.48. The Morgan fingerprint density at radius 2 is 2.12 bits per heavy atom. The van der Waals surface area contributed by atoms with Gasteiger partial charge < -0.3 is 15.7 Å². The number of carbonyl (C=O) groups excluding carboxylic acids is 1. The van der Waals surface area contributed by atoms with E-state index in [1.54, 1.807) is 25.1 Å². The third-order valence-electron chi connectivity index (χ3n) is 3.62. The minimum Gasteiger partial charge on any atom is -0.395 e. The molecule has 0 atom stereocenters. The maximum atomic E-state index is 13.8. The van der Waals surface area contributed by atoms with Crippen LogP contribution in [0, 0.1) is 24.1 Å². The molecule has 0 fully saturated rings. The van der Waals surface area contributed by atoms with E-state index in [2.05, 4.69) is 10.6 Å². The lowest BCUT2D eigenvalue weighted by Crippen LogP contribution is -2.27. The van der Waals surface area contributed by atoms with Gasteiger partial charge in [-0.05, 0) is 42.8 Å². The second-order valence-electron chi connectivity index (χ2n) is 5.23. The van der Waals surface area contributed by atoms with Crippen LogP contribution in [0.2, 0.25) is 0 Å². The number of benzene rings is 2. The molecule has 0 aliphatic carbocycles. The molecule has 0 aliphatic rings. The van der Waals surface area contributed by atoms with Crippen molar-refractivity contribution < 1.29 is 14.3 Å². The zero-order valence-electron chi connectivity index (χ0n) is 13.3. The van der Waals surface area contributed by atoms with E-state index in [9.17, 15) is 9.18 Å². The summed E-state index contributed by atoms with van der Waals surface area (Å²) in [5.41, 5.74) is 2.68. The molecule has 2 rings (SSSR count). The van der Waals surface area contributed by atoms with Gasteiger partial charge in [-0.15, -0.1) is 0 Å². The number of halogens is 1. The first-order valence-corrected chi connectivity index (χ1v) is 7.48. The van der Waals surface area contributed by atoms with E-state index in [-0.39, 0.29) is 25.6 Å². The van der Waals surface area contributed by atoms with Crippen LogP contribution in [0.1, 0.15) is 27.0 Å². The van der Waals surface area contributed by atoms with Gasteiger partial charge >= 0.3 is 0 Å². The first-order chi connectivity index (χ1) is 11.6. The standard InChI is InChI=1S/C18H18FN3O2/c1-12-15(18(24)21-7-8-23)3-2-4-17(12)22-11-14-9-13(10-20)5-6-16(14)19/h2-6,9,22-23H,7-8,11H2,1H3,(H,21,24). The first kappa shape index (κ1) is 17.4. The minimum atomic E-state index is -0.393. The van der Waals surface area contributed by atoms with E-state index >= 15 is 0 Å². The second-order valence-corrected chi connectivity index (χ2v) is 5.23. The number of nitrogens with zero attached hydrogens (tertiary/aromatic N) is 1. The molecule has 1 amide bonds. The molecular weight excluding hydrogens is 309 g/mol. The summed E-state index contributed by atoms with van der Waals surface area (Å²) in [5, 5.41) is 23.4. The van der Waals surface area contributed by atoms with E-state index in [4.69, 9.17) is 10.4 Å². The Bertz CT molecular complexity index is 784. The van der Waals surface area contributed by atoms with Crippen molar-refractivity contribution in [2.45, 2.75) is 13.5 Å². The Morgan fingerprint density at radius 3 is 2.83 bits per heavy atom. The zero-order valence-corrected chi connectivity index (χ0v) is 13.3. The van der Waals surface area contributed by atoms with Crippen molar-refractivity contribution >= 4 is 11.6 Å². The van der Waals surface area contributed by atoms with E-state index in [1.165, 1.54) is 18.2 Å². The number of hydrogen-bond acceptors (Lipinski definition) is 4. The van der Waals surface area contributed by atoms with Gasteiger partial charge in [0.2, 0.25) is 0 Å². The maximum absolute atomic E-state index is 13.8. The van der Waals surface area contributed by atoms with Gasteiger partial charge in [0.25, 0.3) is 5.91 Å². The van der Waals surface area contributed by atoms with Gasteiger partial charge in [-0.2, -0.15) is 5.26 Å². The van der Waals surface area contributed by atoms with Gasteiger partial charge in [0.05, 0.1) is 18.2 Å². The van der Waals surface area contributed by atoms with Crippen molar-refractivity contribution in [3.05, 3.63) is 64.5 Å². The monoisotopic (exact) mass is 327 g/mol. The van der Waals surface area contributed by atoms with Crippen molar-refractivity contribution in [1.29, 1.82) is 5.26 Å². The van der Waals surface area contributed by atoms with Gasteiger partial charge in [0.15, 0.2) is 0 Å². The van der Waals surface area contributed by atoms with Crippen LogP contribution in [0.3, 0.4) is 0 Å². The van der Waals surface area contributed by atoms with Gasteiger partial charge in [-0.25, -0.2) is 4.39 Å². The molecule has 24 heavy (non-hydrogen) atoms. The van der Waals surface area contributed by atoms with Gasteiger partial charge in [0, 0.05) is 29.9 Å². The van der Waals surface area contributed by atoms with Crippen molar-refractivity contribution in [2.75, 3.05) is 18.5 Å². The van der Waals surface area contributed by atoms with Crippen molar-refractivity contribution in [3.63, 3.8) is 0 Å². The van der Waals surface area contributed by atoms with Crippen LogP contribution < -0.4 is 10.6 Å². The highest BCUT2D eigenvalue weighted by Crippen LogP contribution is 2.20. The van der Waals surface area contributed by atoms with Crippen LogP contribution in [0.4, 0.5) is 10.1 Å². The summed E-state index contributed by atoms with van der Waals surface area (Å²) < 4.78 is 13.8. The molecule has 0 unspecified atom stereocenters. The average molecular weight is 327 g/mol. The summed E-state index contributed by atoms with van der Waals surface area (Å²) in [7, 11) is 0. The molecule has 5 nitrogen and oxygen atoms in total. The predicted octanol–water partition coefficient (Wildman–Crippen LogP) is 2.34. The van der Waals surface area contributed by atoms with E-state index in [0.29, 0.717) is 22.4 Å². The highest BCUT2D eigenvalue weighted by molar-refractivity contribution is 5.97. The molecule has 0 aliphatic heterocycles. The minimum absolute atomic E-state index is 0.128. The van der Waals surface area contributed by atoms with E-state index < -0.39 is 5.82 Å². The molecule has 3 N–H and O–H groups in total. The summed E-state index contributed by atoms with van der Waals surface area (Å²) in [4.78, 5) is 12.0. The lowest BCUT2D eigenvalue weighted by molar-refractivity contribution is 0.0944. The third-order valence-corrected chi connectivity index (χ3v) is 3.62. The molecule has 0 radical (unpaired) electrons. The fraction of sp³-hybridized carbons (Fsp3) is 0.222. The van der Waals surface area contributed by atoms with Crippen LogP contribution in [-0.4, -0.2) is 24.2 Å². The molecule has 2 aromatic carbocycles. The average Bonchev–Trinajstić information content (AvgIpc) is 2.60. The summed E-state index contributed by atoms with van der Waals surface area (Å²) in [5.74, 6) is -0.668. The Hall–Kier alpha value is -2.91. The van der Waals surface area contributed by atoms with E-state index in [0.717, 1.165) is 5.56 Å². The number of aliphatic hydroxyl groups is 1. The summed E-state index contributed by atoms with van der Waals surface area (Å²) in [6.07, 6.45) is 0. The number of amides is 1. The number of anilines is 1. The van der Waals surface area contributed by atoms with Crippen molar-refractivity contribution in [3.8, 4) is 6.07 Å². The fourth-order valence-electron chi connectivity index (χ4n) is 2.31. The van der Waals surface area contributed by atoms with Gasteiger partial charge in [0.1, 0.15) is 5.82 Å². The van der Waals surface area contributed by atoms with Crippen molar-refractivity contribution in [2.24, 2.45) is 0 Å². The van der Waals surface area contributed by atoms with Crippen LogP contribution in [0.15, 0.2) is 36.4 Å². The number of nitrogens with one attached hydrogen (secondary N) is 2. The summed E-state index contributed by atoms with van der Waals surface area (Å²) in [6, 6.07) is 11.4. The fourth-order valence-corrected chi connectivity index (χ4v) is 2.31. The number of aliphatic hydroxyl groups excluding tert-OH is 1. The van der Waals surface area contributed by atoms with Crippen LogP contribution in [0.5, 0.6) is 0 Å². The van der Waals surface area contributed by atoms with Crippen LogP contribution in [-0.2, 0) is 6.54 Å². The van der Waals surface area contributed by atoms with Gasteiger partial charge in [-0.1, -0.05) is 6.07 Å². The largest absolute Gasteiger partial charge is 0.395 e. The molecule has 0 bridgehead atoms. The molecular formula is C18H18FN3O2. The second kappa shape index (κ2) is 8.09. The molecule has 124 valence electrons. The predicted molar refractivity (Wildman–Crippen MR) is 89.0 cm³/mol. The van der Waals surface area contributed by atoms with Crippen molar-refractivity contribution in [1.82, 2.24) is 5.32 Å². The molecule has 0 heterocycles. The quantitative estimate of drug-likeness (QED) is 0.760. The maximum Gasteiger partial charge on any atom is 0.251 e. The van der Waals surface area contributed by atoms with Gasteiger partial charge in [-0.3, -0.25) is 4.79 Å². The molecule has 0 aromatic heterocycles. The molecule has 0 spiro atoms. The lowest BCUT2D eigenvalue weighted by Gasteiger charge is -2.14. The van der Waals surface area contributed by atoms with Crippen LogP contribution >= 0.6 is 0 Å². The number of carbonyl (C=O) groups is 1. The Labute approximate surface area is 139 Å². The molecule has 2 aromatic rings. The molecule has 0 saturated heterocycles. The number of rotatable bonds is 6. The molecule has 6 heteroatoms. The lowest BCUT2D eigenvalue weighted by atomic mass is 10.1. The highest BCUT2D eigenvalue weighted by atomic mass is 19.1. The topological polar surface area (TPSA) is 85.2 Å². The molecule has 0 saturated carbocycles. The SMILES string of the molecule is Cc1c(NCc2cc(C#N)ccc2F)cccc1C(=O)NCCO. The zero-order chi connectivity index (χ0) is 17.5. The van der Waals surface area contributed by atoms with E-state index in [1.807, 2.05) is 6.07 Å². The Kier molecular flexibility index (Phi) is 5.88. The summed E-state index contributed by atoms with van der Waals surface area (Å²) >= 11 is 0. The summed E-state index contributed by atoms with van der Waals surface area (Å²) in [6.45, 7) is 2.04. The number of nitriles is 1. The third kappa shape index (κ3) is 4.09. The number of hydrogen-bond donors (Lipinski definition) is 3. The normalized spacial score (nSPS) is 10.1. The Balaban J connectivity index is 2.16.